The third kappa shape index (κ3) is 5.31. The van der Waals surface area contributed by atoms with E-state index in [-0.39, 0.29) is 17.1 Å². The van der Waals surface area contributed by atoms with Crippen LogP contribution in [0.5, 0.6) is 0 Å². The summed E-state index contributed by atoms with van der Waals surface area (Å²) in [5.41, 5.74) is 2.38. The number of nitrogens with zero attached hydrogens (tertiary/aromatic N) is 1. The molecule has 27 heavy (non-hydrogen) atoms. The van der Waals surface area contributed by atoms with Gasteiger partial charge in [0, 0.05) is 22.8 Å². The number of nitrogens with one attached hydrogen (secondary N) is 2. The first-order valence-corrected chi connectivity index (χ1v) is 10.8. The number of hydrogen-bond donors (Lipinski definition) is 2. The largest absolute Gasteiger partial charge is 0.326 e. The second-order valence-corrected chi connectivity index (χ2v) is 9.25. The van der Waals surface area contributed by atoms with Crippen LogP contribution in [0.15, 0.2) is 51.3 Å². The van der Waals surface area contributed by atoms with Crippen LogP contribution in [0.1, 0.15) is 20.3 Å². The van der Waals surface area contributed by atoms with Crippen LogP contribution in [-0.2, 0) is 9.59 Å². The Balaban J connectivity index is 1.72. The fourth-order valence-corrected chi connectivity index (χ4v) is 4.97. The lowest BCUT2D eigenvalue weighted by atomic mass is 10.3. The van der Waals surface area contributed by atoms with Gasteiger partial charge in [0.15, 0.2) is 4.34 Å². The summed E-state index contributed by atoms with van der Waals surface area (Å²) in [7, 11) is 0. The summed E-state index contributed by atoms with van der Waals surface area (Å²) in [5, 5.41) is 5.49. The maximum atomic E-state index is 12.6. The Morgan fingerprint density at radius 3 is 2.52 bits per heavy atom. The Labute approximate surface area is 174 Å². The minimum Gasteiger partial charge on any atom is -0.326 e. The van der Waals surface area contributed by atoms with Gasteiger partial charge >= 0.3 is 0 Å². The monoisotopic (exact) mass is 463 g/mol. The zero-order valence-electron chi connectivity index (χ0n) is 14.8. The van der Waals surface area contributed by atoms with Crippen molar-refractivity contribution in [2.24, 2.45) is 0 Å². The van der Waals surface area contributed by atoms with Crippen LogP contribution in [0.25, 0.3) is 10.2 Å². The SMILES string of the molecule is CC[C@H](Sc1nc2ccc(NC(C)=O)cc2s1)C(=O)Nc1ccc(Br)cc1. The Bertz CT molecular complexity index is 973. The quantitative estimate of drug-likeness (QED) is 0.471. The van der Waals surface area contributed by atoms with E-state index < -0.39 is 0 Å². The number of carbonyl (C=O) groups is 2. The molecule has 140 valence electrons. The summed E-state index contributed by atoms with van der Waals surface area (Å²) in [6, 6.07) is 13.1. The fourth-order valence-electron chi connectivity index (χ4n) is 2.43. The molecule has 8 heteroatoms. The fraction of sp³-hybridized carbons (Fsp3) is 0.211. The Morgan fingerprint density at radius 2 is 1.85 bits per heavy atom. The van der Waals surface area contributed by atoms with Crippen molar-refractivity contribution >= 4 is 72.4 Å². The molecule has 3 aromatic rings. The molecule has 0 saturated heterocycles. The van der Waals surface area contributed by atoms with Gasteiger partial charge in [-0.15, -0.1) is 11.3 Å². The Hall–Kier alpha value is -1.90. The molecule has 2 amide bonds. The van der Waals surface area contributed by atoms with E-state index in [2.05, 4.69) is 31.5 Å². The molecule has 1 atom stereocenters. The number of rotatable bonds is 6. The predicted octanol–water partition coefficient (Wildman–Crippen LogP) is 5.53. The molecule has 0 aliphatic heterocycles. The first kappa shape index (κ1) is 19.9. The summed E-state index contributed by atoms with van der Waals surface area (Å²) in [5.74, 6) is -0.146. The number of halogens is 1. The molecule has 0 aliphatic rings. The zero-order valence-corrected chi connectivity index (χ0v) is 18.0. The van der Waals surface area contributed by atoms with Crippen molar-refractivity contribution in [2.75, 3.05) is 10.6 Å². The molecule has 0 unspecified atom stereocenters. The van der Waals surface area contributed by atoms with Crippen LogP contribution in [0, 0.1) is 0 Å². The molecule has 0 saturated carbocycles. The lowest BCUT2D eigenvalue weighted by molar-refractivity contribution is -0.116. The highest BCUT2D eigenvalue weighted by atomic mass is 79.9. The number of thiazole rings is 1. The van der Waals surface area contributed by atoms with Crippen molar-refractivity contribution < 1.29 is 9.59 Å². The molecule has 0 aliphatic carbocycles. The van der Waals surface area contributed by atoms with Crippen molar-refractivity contribution in [1.82, 2.24) is 4.98 Å². The van der Waals surface area contributed by atoms with Gasteiger partial charge in [0.2, 0.25) is 11.8 Å². The van der Waals surface area contributed by atoms with Gasteiger partial charge in [-0.3, -0.25) is 9.59 Å². The Morgan fingerprint density at radius 1 is 1.15 bits per heavy atom. The maximum absolute atomic E-state index is 12.6. The first-order chi connectivity index (χ1) is 12.9. The van der Waals surface area contributed by atoms with Crippen LogP contribution in [0.2, 0.25) is 0 Å². The maximum Gasteiger partial charge on any atom is 0.237 e. The number of carbonyl (C=O) groups excluding carboxylic acids is 2. The summed E-state index contributed by atoms with van der Waals surface area (Å²) in [4.78, 5) is 28.4. The van der Waals surface area contributed by atoms with Crippen molar-refractivity contribution in [3.63, 3.8) is 0 Å². The minimum absolute atomic E-state index is 0.0389. The van der Waals surface area contributed by atoms with Gasteiger partial charge in [-0.2, -0.15) is 0 Å². The molecule has 0 radical (unpaired) electrons. The number of fused-ring (bicyclic) bond motifs is 1. The highest BCUT2D eigenvalue weighted by Gasteiger charge is 2.20. The normalized spacial score (nSPS) is 12.0. The van der Waals surface area contributed by atoms with E-state index in [0.717, 1.165) is 30.4 Å². The van der Waals surface area contributed by atoms with E-state index in [0.29, 0.717) is 6.42 Å². The van der Waals surface area contributed by atoms with E-state index in [4.69, 9.17) is 0 Å². The molecule has 5 nitrogen and oxygen atoms in total. The molecule has 1 aromatic heterocycles. The van der Waals surface area contributed by atoms with Crippen molar-refractivity contribution in [3.05, 3.63) is 46.9 Å². The molecule has 2 aromatic carbocycles. The number of aromatic nitrogens is 1. The molecule has 0 spiro atoms. The van der Waals surface area contributed by atoms with Gasteiger partial charge in [0.25, 0.3) is 0 Å². The predicted molar refractivity (Wildman–Crippen MR) is 117 cm³/mol. The van der Waals surface area contributed by atoms with E-state index in [1.807, 2.05) is 49.4 Å². The number of benzene rings is 2. The molecule has 3 rings (SSSR count). The van der Waals surface area contributed by atoms with E-state index in [1.165, 1.54) is 30.0 Å². The van der Waals surface area contributed by atoms with Crippen molar-refractivity contribution in [2.45, 2.75) is 29.9 Å². The third-order valence-electron chi connectivity index (χ3n) is 3.71. The lowest BCUT2D eigenvalue weighted by Crippen LogP contribution is -2.24. The topological polar surface area (TPSA) is 71.1 Å². The molecule has 0 bridgehead atoms. The number of thioether (sulfide) groups is 1. The summed E-state index contributed by atoms with van der Waals surface area (Å²) in [6.45, 7) is 3.47. The molecule has 0 fully saturated rings. The zero-order chi connectivity index (χ0) is 19.4. The average Bonchev–Trinajstić information content (AvgIpc) is 3.02. The molecular formula is C19H18BrN3O2S2. The highest BCUT2D eigenvalue weighted by molar-refractivity contribution is 9.10. The smallest absolute Gasteiger partial charge is 0.237 e. The van der Waals surface area contributed by atoms with E-state index in [1.54, 1.807) is 0 Å². The van der Waals surface area contributed by atoms with Gasteiger partial charge < -0.3 is 10.6 Å². The minimum atomic E-state index is -0.232. The number of anilines is 2. The lowest BCUT2D eigenvalue weighted by Gasteiger charge is -2.13. The van der Waals surface area contributed by atoms with E-state index >= 15 is 0 Å². The van der Waals surface area contributed by atoms with E-state index in [9.17, 15) is 9.59 Å². The van der Waals surface area contributed by atoms with Crippen LogP contribution in [0.4, 0.5) is 11.4 Å². The molecular weight excluding hydrogens is 446 g/mol. The summed E-state index contributed by atoms with van der Waals surface area (Å²) in [6.07, 6.45) is 0.695. The third-order valence-corrected chi connectivity index (χ3v) is 6.71. The summed E-state index contributed by atoms with van der Waals surface area (Å²) >= 11 is 6.37. The number of hydrogen-bond acceptors (Lipinski definition) is 5. The Kier molecular flexibility index (Phi) is 6.51. The highest BCUT2D eigenvalue weighted by Crippen LogP contribution is 2.34. The van der Waals surface area contributed by atoms with Crippen molar-refractivity contribution in [1.29, 1.82) is 0 Å². The van der Waals surface area contributed by atoms with Crippen LogP contribution in [0.3, 0.4) is 0 Å². The molecule has 2 N–H and O–H groups in total. The van der Waals surface area contributed by atoms with Crippen LogP contribution >= 0.6 is 39.0 Å². The van der Waals surface area contributed by atoms with Gasteiger partial charge in [-0.1, -0.05) is 34.6 Å². The van der Waals surface area contributed by atoms with Gasteiger partial charge in [0.05, 0.1) is 15.5 Å². The van der Waals surface area contributed by atoms with Gasteiger partial charge in [-0.25, -0.2) is 4.98 Å². The van der Waals surface area contributed by atoms with Crippen LogP contribution < -0.4 is 10.6 Å². The van der Waals surface area contributed by atoms with Crippen molar-refractivity contribution in [3.8, 4) is 0 Å². The standard InChI is InChI=1S/C19H18BrN3O2S2/c1-3-16(18(25)22-13-6-4-12(20)5-7-13)26-19-23-15-9-8-14(21-11(2)24)10-17(15)27-19/h4-10,16H,3H2,1-2H3,(H,21,24)(H,22,25)/t16-/m0/s1. The number of amides is 2. The van der Waals surface area contributed by atoms with Gasteiger partial charge in [-0.05, 0) is 48.9 Å². The average molecular weight is 464 g/mol. The second-order valence-electron chi connectivity index (χ2n) is 5.85. The van der Waals surface area contributed by atoms with Gasteiger partial charge in [0.1, 0.15) is 0 Å². The van der Waals surface area contributed by atoms with Crippen LogP contribution in [-0.4, -0.2) is 22.0 Å². The summed E-state index contributed by atoms with van der Waals surface area (Å²) < 4.78 is 2.78. The second kappa shape index (κ2) is 8.86. The molecule has 1 heterocycles. The first-order valence-electron chi connectivity index (χ1n) is 8.36.